The molecule has 0 saturated carbocycles. The first-order valence-electron chi connectivity index (χ1n) is 14.4. The average molecular weight is 577 g/mol. The van der Waals surface area contributed by atoms with Crippen molar-refractivity contribution in [2.75, 3.05) is 13.2 Å². The molecule has 1 aromatic heterocycles. The van der Waals surface area contributed by atoms with E-state index in [0.717, 1.165) is 29.4 Å². The Balaban J connectivity index is 1.26. The van der Waals surface area contributed by atoms with Gasteiger partial charge in [-0.25, -0.2) is 4.68 Å². The summed E-state index contributed by atoms with van der Waals surface area (Å²) in [6.07, 6.45) is 2.86. The van der Waals surface area contributed by atoms with Gasteiger partial charge in [0.2, 0.25) is 17.7 Å². The number of thioether (sulfide) groups is 1. The van der Waals surface area contributed by atoms with Gasteiger partial charge in [0.1, 0.15) is 18.2 Å². The van der Waals surface area contributed by atoms with Gasteiger partial charge in [-0.3, -0.25) is 14.4 Å². The molecule has 1 spiro atoms. The van der Waals surface area contributed by atoms with E-state index in [1.165, 1.54) is 0 Å². The number of hydrogen-bond acceptors (Lipinski definition) is 7. The molecule has 2 bridgehead atoms. The van der Waals surface area contributed by atoms with Crippen molar-refractivity contribution in [3.63, 3.8) is 0 Å². The first-order valence-corrected chi connectivity index (χ1v) is 15.3. The molecule has 4 heterocycles. The molecule has 10 nitrogen and oxygen atoms in total. The summed E-state index contributed by atoms with van der Waals surface area (Å²) in [6.45, 7) is 3.16. The fourth-order valence-corrected chi connectivity index (χ4v) is 9.54. The molecule has 3 aromatic rings. The molecule has 2 aromatic carbocycles. The third-order valence-electron chi connectivity index (χ3n) is 8.99. The van der Waals surface area contributed by atoms with E-state index in [9.17, 15) is 19.5 Å². The van der Waals surface area contributed by atoms with E-state index < -0.39 is 22.6 Å². The van der Waals surface area contributed by atoms with Crippen molar-refractivity contribution in [2.45, 2.75) is 61.9 Å². The number of carbonyl (C=O) groups excluding carboxylic acids is 3. The predicted octanol–water partition coefficient (Wildman–Crippen LogP) is 2.32. The van der Waals surface area contributed by atoms with E-state index in [2.05, 4.69) is 27.9 Å². The average Bonchev–Trinajstić information content (AvgIpc) is 3.71. The van der Waals surface area contributed by atoms with E-state index in [0.29, 0.717) is 25.9 Å². The number of nitrogens with one attached hydrogen (secondary N) is 2. The highest BCUT2D eigenvalue weighted by Gasteiger charge is 2.75. The third kappa shape index (κ3) is 4.78. The second-order valence-corrected chi connectivity index (χ2v) is 12.9. The number of nitrogens with zero attached hydrogens (tertiary/aromatic N) is 4. The summed E-state index contributed by atoms with van der Waals surface area (Å²) in [5.41, 5.74) is 2.55. The number of fused-ring (bicyclic) bond motifs is 2. The number of amides is 3. The van der Waals surface area contributed by atoms with Crippen LogP contribution in [0.15, 0.2) is 54.6 Å². The molecule has 3 saturated heterocycles. The lowest BCUT2D eigenvalue weighted by molar-refractivity contribution is -0.140. The van der Waals surface area contributed by atoms with Crippen molar-refractivity contribution in [3.8, 4) is 0 Å². The zero-order valence-electron chi connectivity index (χ0n) is 23.1. The van der Waals surface area contributed by atoms with E-state index in [-0.39, 0.29) is 42.2 Å². The van der Waals surface area contributed by atoms with Gasteiger partial charge in [0.25, 0.3) is 0 Å². The highest BCUT2D eigenvalue weighted by atomic mass is 32.2. The summed E-state index contributed by atoms with van der Waals surface area (Å²) in [5, 5.41) is 23.7. The Labute approximate surface area is 243 Å². The van der Waals surface area contributed by atoms with Crippen LogP contribution in [0.2, 0.25) is 0 Å². The van der Waals surface area contributed by atoms with Gasteiger partial charge in [0, 0.05) is 24.9 Å². The first-order chi connectivity index (χ1) is 20.0. The summed E-state index contributed by atoms with van der Waals surface area (Å²) in [7, 11) is 0. The van der Waals surface area contributed by atoms with Gasteiger partial charge in [-0.05, 0) is 49.3 Å². The molecule has 216 valence electrons. The number of aliphatic hydroxyl groups excluding tert-OH is 1. The lowest BCUT2D eigenvalue weighted by Gasteiger charge is -2.38. The van der Waals surface area contributed by atoms with Crippen molar-refractivity contribution in [1.29, 1.82) is 0 Å². The van der Waals surface area contributed by atoms with Gasteiger partial charge in [-0.15, -0.1) is 16.9 Å². The number of benzene rings is 2. The molecule has 0 radical (unpaired) electrons. The first kappa shape index (κ1) is 27.7. The minimum atomic E-state index is -0.694. The maximum atomic E-state index is 14.2. The topological polar surface area (TPSA) is 129 Å². The summed E-state index contributed by atoms with van der Waals surface area (Å²) in [4.78, 5) is 43.6. The van der Waals surface area contributed by atoms with Crippen LogP contribution in [0.3, 0.4) is 0 Å². The van der Waals surface area contributed by atoms with Gasteiger partial charge in [0.15, 0.2) is 0 Å². The highest BCUT2D eigenvalue weighted by molar-refractivity contribution is 8.02. The standard InChI is InChI=1S/C30H36N6O4S/c1-19-16-23-24(27(38)31-17-20-10-4-2-5-11-20)25-29(40)35(14-8-3-9-15-37)26(30(19,25)41-23)28(39)32-18-36-22-13-7-6-12-21(22)33-34-36/h2,4-7,10-13,19,23-26,37H,3,8-9,14-18H2,1H3,(H,31,38)(H,32,39)/t19?,23-,24+,25-,26?,30?/m0/s1. The van der Waals surface area contributed by atoms with Crippen LogP contribution < -0.4 is 10.6 Å². The van der Waals surface area contributed by atoms with Crippen LogP contribution in [0.4, 0.5) is 0 Å². The van der Waals surface area contributed by atoms with Gasteiger partial charge in [0.05, 0.1) is 22.1 Å². The molecule has 0 aliphatic carbocycles. The van der Waals surface area contributed by atoms with E-state index >= 15 is 0 Å². The molecule has 11 heteroatoms. The summed E-state index contributed by atoms with van der Waals surface area (Å²) in [6, 6.07) is 16.6. The van der Waals surface area contributed by atoms with Crippen LogP contribution in [0.1, 0.15) is 38.2 Å². The Hall–Kier alpha value is -3.44. The number of aliphatic hydroxyl groups is 1. The number of rotatable bonds is 11. The number of para-hydroxylation sites is 1. The Morgan fingerprint density at radius 3 is 2.63 bits per heavy atom. The van der Waals surface area contributed by atoms with Gasteiger partial charge in [-0.2, -0.15) is 0 Å². The maximum absolute atomic E-state index is 14.2. The zero-order valence-corrected chi connectivity index (χ0v) is 23.9. The summed E-state index contributed by atoms with van der Waals surface area (Å²) in [5.74, 6) is -1.40. The maximum Gasteiger partial charge on any atom is 0.245 e. The molecule has 3 N–H and O–H groups in total. The number of hydrogen-bond donors (Lipinski definition) is 3. The SMILES string of the molecule is CC1C[C@@H]2SC13C(C(=O)NCn1nnc4ccccc41)N(CCCCCO)C(=O)[C@@H]3[C@@H]2C(=O)NCc1ccccc1. The Kier molecular flexibility index (Phi) is 7.74. The van der Waals surface area contributed by atoms with Crippen molar-refractivity contribution < 1.29 is 19.5 Å². The van der Waals surface area contributed by atoms with Crippen molar-refractivity contribution in [1.82, 2.24) is 30.5 Å². The molecule has 41 heavy (non-hydrogen) atoms. The van der Waals surface area contributed by atoms with Gasteiger partial charge in [-0.1, -0.05) is 54.6 Å². The lowest BCUT2D eigenvalue weighted by atomic mass is 9.66. The minimum Gasteiger partial charge on any atom is -0.396 e. The van der Waals surface area contributed by atoms with Crippen LogP contribution in [0.25, 0.3) is 11.0 Å². The lowest BCUT2D eigenvalue weighted by Crippen LogP contribution is -2.56. The van der Waals surface area contributed by atoms with Gasteiger partial charge < -0.3 is 20.6 Å². The summed E-state index contributed by atoms with van der Waals surface area (Å²) < 4.78 is 0.968. The quantitative estimate of drug-likeness (QED) is 0.299. The number of carbonyl (C=O) groups is 3. The normalized spacial score (nSPS) is 28.3. The van der Waals surface area contributed by atoms with Crippen LogP contribution in [0.5, 0.6) is 0 Å². The Morgan fingerprint density at radius 1 is 1.05 bits per heavy atom. The van der Waals surface area contributed by atoms with Crippen LogP contribution in [-0.2, 0) is 27.6 Å². The zero-order chi connectivity index (χ0) is 28.6. The van der Waals surface area contributed by atoms with Crippen LogP contribution >= 0.6 is 11.8 Å². The highest BCUT2D eigenvalue weighted by Crippen LogP contribution is 2.68. The number of likely N-dealkylation sites (tertiary alicyclic amines) is 1. The Bertz CT molecular complexity index is 1430. The molecule has 3 aliphatic heterocycles. The monoisotopic (exact) mass is 576 g/mol. The minimum absolute atomic E-state index is 0.0131. The summed E-state index contributed by atoms with van der Waals surface area (Å²) >= 11 is 1.67. The van der Waals surface area contributed by atoms with E-state index in [1.54, 1.807) is 21.3 Å². The van der Waals surface area contributed by atoms with E-state index in [4.69, 9.17) is 0 Å². The molecule has 3 unspecified atom stereocenters. The molecule has 3 amide bonds. The van der Waals surface area contributed by atoms with Crippen molar-refractivity contribution in [2.24, 2.45) is 17.8 Å². The molecule has 6 rings (SSSR count). The second kappa shape index (κ2) is 11.4. The third-order valence-corrected chi connectivity index (χ3v) is 11.1. The van der Waals surface area contributed by atoms with Gasteiger partial charge >= 0.3 is 0 Å². The molecule has 3 aliphatic rings. The van der Waals surface area contributed by atoms with Crippen LogP contribution in [0, 0.1) is 17.8 Å². The van der Waals surface area contributed by atoms with Crippen molar-refractivity contribution in [3.05, 3.63) is 60.2 Å². The smallest absolute Gasteiger partial charge is 0.245 e. The fourth-order valence-electron chi connectivity index (χ4n) is 7.12. The second-order valence-electron chi connectivity index (χ2n) is 11.3. The molecular weight excluding hydrogens is 540 g/mol. The van der Waals surface area contributed by atoms with Crippen molar-refractivity contribution >= 4 is 40.5 Å². The fraction of sp³-hybridized carbons (Fsp3) is 0.500. The Morgan fingerprint density at radius 2 is 1.83 bits per heavy atom. The van der Waals surface area contributed by atoms with Crippen LogP contribution in [-0.4, -0.2) is 71.9 Å². The molecule has 3 fully saturated rings. The predicted molar refractivity (Wildman–Crippen MR) is 155 cm³/mol. The van der Waals surface area contributed by atoms with E-state index in [1.807, 2.05) is 54.6 Å². The molecule has 6 atom stereocenters. The largest absolute Gasteiger partial charge is 0.396 e. The molecular formula is C30H36N6O4S. The number of unbranched alkanes of at least 4 members (excludes halogenated alkanes) is 2. The number of aromatic nitrogens is 3.